The largest absolute Gasteiger partial charge is 0.493 e. The van der Waals surface area contributed by atoms with E-state index in [0.29, 0.717) is 28.3 Å². The molecular formula is C27H20FNO6. The molecule has 0 aliphatic carbocycles. The van der Waals surface area contributed by atoms with Crippen LogP contribution in [-0.2, 0) is 0 Å². The summed E-state index contributed by atoms with van der Waals surface area (Å²) in [5.41, 5.74) is 1.21. The predicted octanol–water partition coefficient (Wildman–Crippen LogP) is 4.90. The van der Waals surface area contributed by atoms with Crippen LogP contribution in [0.1, 0.15) is 45.0 Å². The van der Waals surface area contributed by atoms with Crippen LogP contribution < -0.4 is 19.8 Å². The van der Waals surface area contributed by atoms with Crippen molar-refractivity contribution in [1.29, 1.82) is 0 Å². The molecule has 0 fully saturated rings. The van der Waals surface area contributed by atoms with Crippen molar-refractivity contribution >= 4 is 28.3 Å². The Kier molecular flexibility index (Phi) is 5.36. The summed E-state index contributed by atoms with van der Waals surface area (Å²) >= 11 is 0. The molecule has 5 rings (SSSR count). The molecule has 1 aliphatic rings. The molecule has 1 unspecified atom stereocenters. The molecule has 0 saturated heterocycles. The van der Waals surface area contributed by atoms with Crippen LogP contribution in [0.15, 0.2) is 69.9 Å². The Balaban J connectivity index is 1.78. The molecule has 0 radical (unpaired) electrons. The van der Waals surface area contributed by atoms with Gasteiger partial charge in [-0.15, -0.1) is 0 Å². The number of carbonyl (C=O) groups is 2. The Bertz CT molecular complexity index is 1560. The summed E-state index contributed by atoms with van der Waals surface area (Å²) in [6.07, 6.45) is 0. The van der Waals surface area contributed by atoms with E-state index in [-0.39, 0.29) is 28.1 Å². The standard InChI is InChI=1S/C27H20FNO6/c1-14(30)15-4-8-18(9-5-15)29-24(16-6-10-21(33-2)22(12-16)34-3)23-25(31)19-13-17(28)7-11-20(19)35-26(23)27(29)32/h4-13,24H,1-3H3. The lowest BCUT2D eigenvalue weighted by Crippen LogP contribution is -2.29. The number of benzene rings is 3. The van der Waals surface area contributed by atoms with E-state index in [4.69, 9.17) is 13.9 Å². The van der Waals surface area contributed by atoms with E-state index >= 15 is 0 Å². The average Bonchev–Trinajstić information content (AvgIpc) is 3.16. The van der Waals surface area contributed by atoms with Crippen molar-refractivity contribution in [2.24, 2.45) is 0 Å². The first-order valence-corrected chi connectivity index (χ1v) is 10.8. The van der Waals surface area contributed by atoms with Crippen LogP contribution in [0.4, 0.5) is 10.1 Å². The first kappa shape index (κ1) is 22.3. The summed E-state index contributed by atoms with van der Waals surface area (Å²) in [5.74, 6) is -0.467. The van der Waals surface area contributed by atoms with E-state index in [0.717, 1.165) is 6.07 Å². The molecule has 7 nitrogen and oxygen atoms in total. The van der Waals surface area contributed by atoms with Gasteiger partial charge in [0.2, 0.25) is 5.76 Å². The molecule has 4 aromatic rings. The van der Waals surface area contributed by atoms with Gasteiger partial charge in [-0.3, -0.25) is 19.3 Å². The Morgan fingerprint density at radius 2 is 1.66 bits per heavy atom. The zero-order valence-electron chi connectivity index (χ0n) is 19.1. The number of hydrogen-bond donors (Lipinski definition) is 0. The van der Waals surface area contributed by atoms with E-state index in [1.165, 1.54) is 38.2 Å². The van der Waals surface area contributed by atoms with Crippen LogP contribution in [0.3, 0.4) is 0 Å². The second-order valence-corrected chi connectivity index (χ2v) is 8.11. The van der Waals surface area contributed by atoms with Crippen LogP contribution in [0.5, 0.6) is 11.5 Å². The minimum absolute atomic E-state index is 0.0378. The molecule has 1 aliphatic heterocycles. The van der Waals surface area contributed by atoms with Gasteiger partial charge in [0.15, 0.2) is 22.7 Å². The second-order valence-electron chi connectivity index (χ2n) is 8.11. The highest BCUT2D eigenvalue weighted by atomic mass is 19.1. The van der Waals surface area contributed by atoms with Crippen LogP contribution in [0.2, 0.25) is 0 Å². The van der Waals surface area contributed by atoms with Crippen molar-refractivity contribution in [3.8, 4) is 11.5 Å². The first-order valence-electron chi connectivity index (χ1n) is 10.8. The molecule has 0 bridgehead atoms. The number of rotatable bonds is 5. The lowest BCUT2D eigenvalue weighted by Gasteiger charge is -2.26. The van der Waals surface area contributed by atoms with E-state index in [9.17, 15) is 18.8 Å². The zero-order chi connectivity index (χ0) is 24.9. The molecule has 1 aromatic heterocycles. The van der Waals surface area contributed by atoms with E-state index in [1.807, 2.05) is 0 Å². The maximum absolute atomic E-state index is 14.0. The summed E-state index contributed by atoms with van der Waals surface area (Å²) in [5, 5.41) is 0.0378. The Morgan fingerprint density at radius 3 is 2.31 bits per heavy atom. The highest BCUT2D eigenvalue weighted by molar-refractivity contribution is 6.11. The Morgan fingerprint density at radius 1 is 0.943 bits per heavy atom. The summed E-state index contributed by atoms with van der Waals surface area (Å²) < 4.78 is 30.6. The topological polar surface area (TPSA) is 86.0 Å². The summed E-state index contributed by atoms with van der Waals surface area (Å²) in [6, 6.07) is 14.3. The number of ketones is 1. The molecule has 0 saturated carbocycles. The number of methoxy groups -OCH3 is 2. The van der Waals surface area contributed by atoms with Crippen molar-refractivity contribution in [1.82, 2.24) is 0 Å². The van der Waals surface area contributed by atoms with Gasteiger partial charge < -0.3 is 13.9 Å². The highest BCUT2D eigenvalue weighted by Gasteiger charge is 2.44. The molecule has 35 heavy (non-hydrogen) atoms. The summed E-state index contributed by atoms with van der Waals surface area (Å²) in [7, 11) is 2.99. The molecule has 1 atom stereocenters. The highest BCUT2D eigenvalue weighted by Crippen LogP contribution is 2.43. The minimum atomic E-state index is -0.885. The van der Waals surface area contributed by atoms with Crippen molar-refractivity contribution in [2.75, 3.05) is 19.1 Å². The van der Waals surface area contributed by atoms with Gasteiger partial charge in [0, 0.05) is 11.3 Å². The minimum Gasteiger partial charge on any atom is -0.493 e. The number of nitrogens with zero attached hydrogens (tertiary/aromatic N) is 1. The van der Waals surface area contributed by atoms with Crippen LogP contribution in [-0.4, -0.2) is 25.9 Å². The molecule has 1 amide bonds. The number of fused-ring (bicyclic) bond motifs is 2. The van der Waals surface area contributed by atoms with Crippen molar-refractivity contribution in [2.45, 2.75) is 13.0 Å². The van der Waals surface area contributed by atoms with Gasteiger partial charge in [-0.25, -0.2) is 4.39 Å². The number of amides is 1. The van der Waals surface area contributed by atoms with Crippen LogP contribution in [0.25, 0.3) is 11.0 Å². The quantitative estimate of drug-likeness (QED) is 0.383. The number of anilines is 1. The first-order chi connectivity index (χ1) is 16.8. The Hall–Kier alpha value is -4.46. The van der Waals surface area contributed by atoms with Gasteiger partial charge in [0.1, 0.15) is 11.4 Å². The number of halogens is 1. The van der Waals surface area contributed by atoms with Gasteiger partial charge in [0.05, 0.1) is 31.2 Å². The zero-order valence-corrected chi connectivity index (χ0v) is 19.1. The molecule has 0 spiro atoms. The third-order valence-corrected chi connectivity index (χ3v) is 6.11. The van der Waals surface area contributed by atoms with Gasteiger partial charge in [-0.2, -0.15) is 0 Å². The monoisotopic (exact) mass is 473 g/mol. The van der Waals surface area contributed by atoms with E-state index in [2.05, 4.69) is 0 Å². The predicted molar refractivity (Wildman–Crippen MR) is 127 cm³/mol. The maximum Gasteiger partial charge on any atom is 0.295 e. The number of ether oxygens (including phenoxy) is 2. The smallest absolute Gasteiger partial charge is 0.295 e. The fraction of sp³-hybridized carbons (Fsp3) is 0.148. The van der Waals surface area contributed by atoms with Gasteiger partial charge in [-0.05, 0) is 67.1 Å². The number of carbonyl (C=O) groups excluding carboxylic acids is 2. The molecule has 8 heteroatoms. The SMILES string of the molecule is COc1ccc(C2c3c(oc4ccc(F)cc4c3=O)C(=O)N2c2ccc(C(C)=O)cc2)cc1OC. The van der Waals surface area contributed by atoms with Crippen LogP contribution in [0, 0.1) is 5.82 Å². The fourth-order valence-electron chi connectivity index (χ4n) is 4.41. The van der Waals surface area contributed by atoms with Crippen molar-refractivity contribution < 1.29 is 27.9 Å². The third-order valence-electron chi connectivity index (χ3n) is 6.11. The molecule has 176 valence electrons. The second kappa shape index (κ2) is 8.39. The van der Waals surface area contributed by atoms with Crippen molar-refractivity contribution in [3.63, 3.8) is 0 Å². The number of Topliss-reactive ketones (excluding diaryl/α,β-unsaturated/α-hetero) is 1. The summed E-state index contributed by atoms with van der Waals surface area (Å²) in [4.78, 5) is 40.4. The number of hydrogen-bond acceptors (Lipinski definition) is 6. The Labute approximate surface area is 199 Å². The molecule has 2 heterocycles. The van der Waals surface area contributed by atoms with Crippen molar-refractivity contribution in [3.05, 3.63) is 99.2 Å². The normalized spacial score (nSPS) is 14.8. The third kappa shape index (κ3) is 3.54. The summed E-state index contributed by atoms with van der Waals surface area (Å²) in [6.45, 7) is 1.45. The van der Waals surface area contributed by atoms with Gasteiger partial charge in [0.25, 0.3) is 5.91 Å². The van der Waals surface area contributed by atoms with Gasteiger partial charge >= 0.3 is 0 Å². The molecule has 3 aromatic carbocycles. The molecule has 0 N–H and O–H groups in total. The lowest BCUT2D eigenvalue weighted by atomic mass is 9.97. The maximum atomic E-state index is 14.0. The fourth-order valence-corrected chi connectivity index (χ4v) is 4.41. The van der Waals surface area contributed by atoms with E-state index < -0.39 is 23.2 Å². The van der Waals surface area contributed by atoms with Gasteiger partial charge in [-0.1, -0.05) is 6.07 Å². The van der Waals surface area contributed by atoms with Crippen LogP contribution >= 0.6 is 0 Å². The average molecular weight is 473 g/mol. The molecular weight excluding hydrogens is 453 g/mol. The van der Waals surface area contributed by atoms with E-state index in [1.54, 1.807) is 42.5 Å². The lowest BCUT2D eigenvalue weighted by molar-refractivity contribution is 0.0970.